The van der Waals surface area contributed by atoms with Crippen LogP contribution in [0.5, 0.6) is 0 Å². The Kier molecular flexibility index (Phi) is 6.01. The molecule has 0 spiro atoms. The topological polar surface area (TPSA) is 181 Å². The lowest BCUT2D eigenvalue weighted by Crippen LogP contribution is -1.99. The number of halogens is 6. The summed E-state index contributed by atoms with van der Waals surface area (Å²) in [5, 5.41) is 53.8. The number of nitrogens with zero attached hydrogens (tertiary/aromatic N) is 6. The highest BCUT2D eigenvalue weighted by Gasteiger charge is 2.42. The van der Waals surface area contributed by atoms with Crippen molar-refractivity contribution >= 4 is 33.9 Å². The van der Waals surface area contributed by atoms with E-state index in [9.17, 15) is 67.2 Å². The van der Waals surface area contributed by atoms with Crippen molar-refractivity contribution in [1.29, 1.82) is 10.5 Å². The van der Waals surface area contributed by atoms with Gasteiger partial charge in [-0.2, -0.15) is 36.9 Å². The minimum Gasteiger partial charge on any atom is -0.258 e. The van der Waals surface area contributed by atoms with Gasteiger partial charge in [-0.1, -0.05) is 0 Å². The molecule has 0 atom stereocenters. The van der Waals surface area contributed by atoms with Crippen LogP contribution in [0.25, 0.3) is 21.7 Å². The number of nitriles is 2. The molecule has 1 aliphatic carbocycles. The van der Waals surface area contributed by atoms with Crippen LogP contribution in [-0.4, -0.2) is 14.8 Å². The average molecular weight is 630 g/mol. The van der Waals surface area contributed by atoms with Crippen LogP contribution in [0.3, 0.4) is 0 Å². The van der Waals surface area contributed by atoms with Gasteiger partial charge in [0.05, 0.1) is 40.7 Å². The van der Waals surface area contributed by atoms with E-state index >= 15 is 0 Å². The monoisotopic (exact) mass is 630 g/mol. The number of allylic oxidation sites excluding steroid dienone is 5. The highest BCUT2D eigenvalue weighted by molar-refractivity contribution is 6.11. The van der Waals surface area contributed by atoms with Crippen LogP contribution in [0.4, 0.5) is 43.4 Å². The molecule has 1 aliphatic rings. The van der Waals surface area contributed by atoms with Gasteiger partial charge in [0.25, 0.3) is 0 Å². The first kappa shape index (κ1) is 23.7. The number of hydrogen-bond donors (Lipinski definition) is 0. The first-order valence-electron chi connectivity index (χ1n) is 14.0. The van der Waals surface area contributed by atoms with Gasteiger partial charge in [0, 0.05) is 0 Å². The predicted molar refractivity (Wildman–Crippen MR) is 138 cm³/mol. The lowest BCUT2D eigenvalue weighted by molar-refractivity contribution is -0.390. The van der Waals surface area contributed by atoms with Gasteiger partial charge in [-0.25, -0.2) is 4.85 Å². The lowest BCUT2D eigenvalue weighted by atomic mass is 10.0. The molecular weight excluding hydrogens is 618 g/mol. The van der Waals surface area contributed by atoms with Crippen molar-refractivity contribution < 1.29 is 49.3 Å². The second kappa shape index (κ2) is 11.4. The highest BCUT2D eigenvalue weighted by atomic mass is 19.2. The molecule has 0 N–H and O–H groups in total. The van der Waals surface area contributed by atoms with Crippen LogP contribution in [0.15, 0.2) is 53.0 Å². The second-order valence-corrected chi connectivity index (χ2v) is 8.14. The SMILES string of the molecule is [2H]c1c(F)c([N+](=O)[O-])c(F)c([2H])c1C([N+]#[C-])=C1C(=C(\C#N)c2c([2H])c(F)c([N+](=O)[O-])c(F)c2[2H])/C1=C(\C#N)c1c([2H])c(F)c([N+](=O)[O-])c(F)c1[2H]. The summed E-state index contributed by atoms with van der Waals surface area (Å²) in [6.45, 7) is 7.65. The van der Waals surface area contributed by atoms with E-state index in [1.165, 1.54) is 12.1 Å². The summed E-state index contributed by atoms with van der Waals surface area (Å²) in [7, 11) is 0. The first-order valence-corrected chi connectivity index (χ1v) is 11.0. The Morgan fingerprint density at radius 3 is 1.11 bits per heavy atom. The zero-order chi connectivity index (χ0) is 38.7. The summed E-state index contributed by atoms with van der Waals surface area (Å²) < 4.78 is 138. The fraction of sp³-hybridized carbons (Fsp3) is 0. The number of nitro benzene ring substituents is 3. The van der Waals surface area contributed by atoms with Crippen molar-refractivity contribution in [2.75, 3.05) is 0 Å². The predicted octanol–water partition coefficient (Wildman–Crippen LogP) is 6.84. The van der Waals surface area contributed by atoms with Crippen LogP contribution < -0.4 is 0 Å². The van der Waals surface area contributed by atoms with Crippen LogP contribution in [0.2, 0.25) is 0 Å². The van der Waals surface area contributed by atoms with E-state index in [0.29, 0.717) is 0 Å². The maximum Gasteiger partial charge on any atom is 0.340 e. The molecule has 0 aliphatic heterocycles. The Morgan fingerprint density at radius 2 is 0.889 bits per heavy atom. The maximum absolute atomic E-state index is 14.9. The molecule has 0 saturated heterocycles. The van der Waals surface area contributed by atoms with Crippen LogP contribution in [-0.2, 0) is 0 Å². The second-order valence-electron chi connectivity index (χ2n) is 8.14. The highest BCUT2D eigenvalue weighted by Crippen LogP contribution is 2.56. The molecule has 45 heavy (non-hydrogen) atoms. The van der Waals surface area contributed by atoms with Gasteiger partial charge in [-0.05, 0) is 69.7 Å². The average Bonchev–Trinajstić information content (AvgIpc) is 3.77. The third-order valence-electron chi connectivity index (χ3n) is 5.70. The molecule has 12 nitrogen and oxygen atoms in total. The molecule has 4 rings (SSSR count). The molecule has 0 aromatic heterocycles. The third kappa shape index (κ3) is 5.28. The van der Waals surface area contributed by atoms with E-state index < -0.39 is 153 Å². The minimum absolute atomic E-state index is 1.09. The Morgan fingerprint density at radius 1 is 0.622 bits per heavy atom. The van der Waals surface area contributed by atoms with E-state index in [4.69, 9.17) is 14.8 Å². The molecule has 1 saturated carbocycles. The van der Waals surface area contributed by atoms with Crippen LogP contribution in [0, 0.1) is 94.5 Å². The molecule has 0 amide bonds. The number of benzene rings is 3. The molecule has 3 aromatic carbocycles. The van der Waals surface area contributed by atoms with Gasteiger partial charge in [0.2, 0.25) is 40.6 Å². The van der Waals surface area contributed by atoms with Gasteiger partial charge >= 0.3 is 17.1 Å². The van der Waals surface area contributed by atoms with Gasteiger partial charge < -0.3 is 0 Å². The molecule has 0 bridgehead atoms. The van der Waals surface area contributed by atoms with E-state index in [1.807, 2.05) is 0 Å². The van der Waals surface area contributed by atoms with E-state index in [-0.39, 0.29) is 0 Å². The Bertz CT molecular complexity index is 2120. The summed E-state index contributed by atoms with van der Waals surface area (Å²) in [5.74, 6) is -13.6. The molecule has 222 valence electrons. The standard InChI is InChI=1S/C27H6F6N6O6/c1-36-24(12-6-19(32)27(39(44)45)20(33)7-12)23-21(13(8-34)10-2-15(28)25(37(40)41)16(29)3-10)22(23)14(9-35)11-4-17(30)26(38(42)43)18(31)5-11/h2-7H/b21-13-,22-14+,24-23?/i2D,3D,4D,5D,6D,7D. The molecule has 3 aromatic rings. The zero-order valence-corrected chi connectivity index (χ0v) is 20.9. The summed E-state index contributed by atoms with van der Waals surface area (Å²) in [4.78, 5) is 31.5. The minimum atomic E-state index is -2.28. The van der Waals surface area contributed by atoms with Gasteiger partial charge in [-0.15, -0.1) is 0 Å². The Hall–Kier alpha value is -6.87. The molecular formula is C27H6F6N6O6. The fourth-order valence-corrected chi connectivity index (χ4v) is 3.88. The van der Waals surface area contributed by atoms with Crippen molar-refractivity contribution in [2.45, 2.75) is 0 Å². The molecule has 0 heterocycles. The quantitative estimate of drug-likeness (QED) is 0.0932. The fourth-order valence-electron chi connectivity index (χ4n) is 3.88. The summed E-state index contributed by atoms with van der Waals surface area (Å²) in [6.07, 6.45) is 0. The zero-order valence-electron chi connectivity index (χ0n) is 26.9. The Balaban J connectivity index is 2.38. The van der Waals surface area contributed by atoms with Gasteiger partial charge in [-0.3, -0.25) is 30.3 Å². The molecule has 0 radical (unpaired) electrons. The van der Waals surface area contributed by atoms with Crippen molar-refractivity contribution in [1.82, 2.24) is 0 Å². The Labute approximate surface area is 253 Å². The van der Waals surface area contributed by atoms with E-state index in [0.717, 1.165) is 0 Å². The van der Waals surface area contributed by atoms with Crippen LogP contribution in [0.1, 0.15) is 24.9 Å². The number of nitro groups is 3. The van der Waals surface area contributed by atoms with Gasteiger partial charge in [0.1, 0.15) is 12.1 Å². The largest absolute Gasteiger partial charge is 0.340 e. The van der Waals surface area contributed by atoms with Gasteiger partial charge in [0.15, 0.2) is 0 Å². The maximum atomic E-state index is 14.9. The lowest BCUT2D eigenvalue weighted by Gasteiger charge is -2.02. The molecule has 0 unspecified atom stereocenters. The number of rotatable bonds is 6. The van der Waals surface area contributed by atoms with E-state index in [1.54, 1.807) is 0 Å². The summed E-state index contributed by atoms with van der Waals surface area (Å²) in [6, 6.07) is -7.97. The molecule has 18 heteroatoms. The van der Waals surface area contributed by atoms with Crippen molar-refractivity contribution in [3.8, 4) is 12.1 Å². The third-order valence-corrected chi connectivity index (χ3v) is 5.70. The molecule has 1 fully saturated rings. The first-order chi connectivity index (χ1) is 23.7. The van der Waals surface area contributed by atoms with E-state index in [2.05, 4.69) is 4.85 Å². The normalized spacial score (nSPS) is 17.1. The van der Waals surface area contributed by atoms with Crippen molar-refractivity contribution in [3.05, 3.63) is 146 Å². The van der Waals surface area contributed by atoms with Crippen molar-refractivity contribution in [3.63, 3.8) is 0 Å². The van der Waals surface area contributed by atoms with Crippen molar-refractivity contribution in [2.24, 2.45) is 0 Å². The summed E-state index contributed by atoms with van der Waals surface area (Å²) >= 11 is 0. The van der Waals surface area contributed by atoms with Crippen LogP contribution >= 0.6 is 0 Å². The summed E-state index contributed by atoms with van der Waals surface area (Å²) in [5.41, 5.74) is -17.9. The smallest absolute Gasteiger partial charge is 0.258 e. The number of hydrogen-bond acceptors (Lipinski definition) is 8.